The summed E-state index contributed by atoms with van der Waals surface area (Å²) in [7, 11) is 0. The number of carbonyl (C=O) groups excluding carboxylic acids is 2. The summed E-state index contributed by atoms with van der Waals surface area (Å²) in [5, 5.41) is 2.87. The van der Waals surface area contributed by atoms with E-state index in [0.29, 0.717) is 13.1 Å². The fraction of sp³-hybridized carbons (Fsp3) is 0.500. The van der Waals surface area contributed by atoms with Gasteiger partial charge in [0.1, 0.15) is 11.6 Å². The minimum atomic E-state index is -0.295. The van der Waals surface area contributed by atoms with Gasteiger partial charge in [-0.3, -0.25) is 9.59 Å². The second-order valence-corrected chi connectivity index (χ2v) is 8.71. The molecule has 1 unspecified atom stereocenters. The van der Waals surface area contributed by atoms with Crippen LogP contribution < -0.4 is 5.32 Å². The molecule has 1 aliphatic heterocycles. The van der Waals surface area contributed by atoms with Gasteiger partial charge in [0.15, 0.2) is 0 Å². The lowest BCUT2D eigenvalue weighted by Gasteiger charge is -2.29. The molecule has 1 N–H and O–H groups in total. The Morgan fingerprint density at radius 3 is 2.39 bits per heavy atom. The molecular formula is C24H29FN4O2. The van der Waals surface area contributed by atoms with Crippen molar-refractivity contribution in [3.05, 3.63) is 58.4 Å². The van der Waals surface area contributed by atoms with Crippen molar-refractivity contribution in [3.8, 4) is 0 Å². The zero-order valence-corrected chi connectivity index (χ0v) is 18.2. The molecule has 0 spiro atoms. The second-order valence-electron chi connectivity index (χ2n) is 8.71. The molecule has 2 aliphatic rings. The maximum atomic E-state index is 13.0. The van der Waals surface area contributed by atoms with E-state index < -0.39 is 0 Å². The van der Waals surface area contributed by atoms with Crippen molar-refractivity contribution >= 4 is 11.8 Å². The average Bonchev–Trinajstić information content (AvgIpc) is 3.19. The summed E-state index contributed by atoms with van der Waals surface area (Å²) < 4.78 is 13.0. The number of carbonyl (C=O) groups is 2. The molecule has 1 aliphatic carbocycles. The average molecular weight is 425 g/mol. The molecule has 0 radical (unpaired) electrons. The smallest absolute Gasteiger partial charge is 0.225 e. The van der Waals surface area contributed by atoms with Gasteiger partial charge >= 0.3 is 0 Å². The first kappa shape index (κ1) is 21.4. The zero-order valence-electron chi connectivity index (χ0n) is 18.2. The summed E-state index contributed by atoms with van der Waals surface area (Å²) >= 11 is 0. The minimum absolute atomic E-state index is 0.120. The number of hydrogen-bond acceptors (Lipinski definition) is 4. The molecule has 1 aromatic carbocycles. The van der Waals surface area contributed by atoms with Crippen LogP contribution in [-0.2, 0) is 22.6 Å². The van der Waals surface area contributed by atoms with Gasteiger partial charge in [-0.1, -0.05) is 18.6 Å². The van der Waals surface area contributed by atoms with Crippen molar-refractivity contribution in [2.24, 2.45) is 5.92 Å². The molecule has 1 saturated carbocycles. The summed E-state index contributed by atoms with van der Waals surface area (Å²) in [6, 6.07) is 6.08. The summed E-state index contributed by atoms with van der Waals surface area (Å²) in [6.07, 6.45) is 4.29. The number of nitrogens with zero attached hydrogens (tertiary/aromatic N) is 3. The fourth-order valence-corrected chi connectivity index (χ4v) is 4.31. The number of hydrogen-bond donors (Lipinski definition) is 1. The number of likely N-dealkylation sites (tertiary alicyclic amines) is 1. The number of nitrogens with one attached hydrogen (secondary N) is 1. The summed E-state index contributed by atoms with van der Waals surface area (Å²) in [5.41, 5.74) is 3.30. The quantitative estimate of drug-likeness (QED) is 0.773. The Balaban J connectivity index is 1.36. The molecule has 31 heavy (non-hydrogen) atoms. The Kier molecular flexibility index (Phi) is 6.30. The SMILES string of the molecule is Cc1nc(C2CCN(C(=O)C3CCC3)C2)nc(C)c1CC(=O)NCc1ccc(F)cc1. The van der Waals surface area contributed by atoms with Gasteiger partial charge in [-0.15, -0.1) is 0 Å². The largest absolute Gasteiger partial charge is 0.352 e. The van der Waals surface area contributed by atoms with Crippen molar-refractivity contribution in [1.29, 1.82) is 0 Å². The predicted octanol–water partition coefficient (Wildman–Crippen LogP) is 3.21. The van der Waals surface area contributed by atoms with Crippen LogP contribution in [0.3, 0.4) is 0 Å². The molecule has 4 rings (SSSR count). The van der Waals surface area contributed by atoms with Gasteiger partial charge < -0.3 is 10.2 Å². The molecule has 0 bridgehead atoms. The Morgan fingerprint density at radius 1 is 1.10 bits per heavy atom. The first-order valence-electron chi connectivity index (χ1n) is 11.0. The summed E-state index contributed by atoms with van der Waals surface area (Å²) in [4.78, 5) is 36.3. The van der Waals surface area contributed by atoms with Gasteiger partial charge in [0, 0.05) is 48.4 Å². The number of halogens is 1. The van der Waals surface area contributed by atoms with Crippen molar-refractivity contribution < 1.29 is 14.0 Å². The van der Waals surface area contributed by atoms with E-state index in [1.807, 2.05) is 18.7 Å². The van der Waals surface area contributed by atoms with E-state index in [4.69, 9.17) is 9.97 Å². The minimum Gasteiger partial charge on any atom is -0.352 e. The molecule has 1 saturated heterocycles. The van der Waals surface area contributed by atoms with Gasteiger partial charge in [-0.05, 0) is 50.8 Å². The Hall–Kier alpha value is -2.83. The van der Waals surface area contributed by atoms with E-state index in [0.717, 1.165) is 60.6 Å². The van der Waals surface area contributed by atoms with Crippen LogP contribution in [0.5, 0.6) is 0 Å². The molecule has 2 amide bonds. The van der Waals surface area contributed by atoms with E-state index >= 15 is 0 Å². The van der Waals surface area contributed by atoms with Gasteiger partial charge in [-0.2, -0.15) is 0 Å². The van der Waals surface area contributed by atoms with Gasteiger partial charge in [-0.25, -0.2) is 14.4 Å². The van der Waals surface area contributed by atoms with Gasteiger partial charge in [0.05, 0.1) is 6.42 Å². The van der Waals surface area contributed by atoms with Crippen LogP contribution in [-0.4, -0.2) is 39.8 Å². The highest BCUT2D eigenvalue weighted by molar-refractivity contribution is 5.80. The lowest BCUT2D eigenvalue weighted by molar-refractivity contribution is -0.137. The van der Waals surface area contributed by atoms with E-state index in [9.17, 15) is 14.0 Å². The lowest BCUT2D eigenvalue weighted by atomic mass is 9.84. The molecule has 2 heterocycles. The zero-order chi connectivity index (χ0) is 22.0. The van der Waals surface area contributed by atoms with E-state index in [1.54, 1.807) is 12.1 Å². The third kappa shape index (κ3) is 4.92. The predicted molar refractivity (Wildman–Crippen MR) is 115 cm³/mol. The third-order valence-corrected chi connectivity index (χ3v) is 6.50. The highest BCUT2D eigenvalue weighted by Gasteiger charge is 2.35. The lowest BCUT2D eigenvalue weighted by Crippen LogP contribution is -2.37. The molecule has 1 aromatic heterocycles. The standard InChI is InChI=1S/C24H29FN4O2/c1-15-21(12-22(30)26-13-17-6-8-20(25)9-7-17)16(2)28-23(27-15)19-10-11-29(14-19)24(31)18-4-3-5-18/h6-9,18-19H,3-5,10-14H2,1-2H3,(H,26,30). The number of benzene rings is 1. The number of amides is 2. The number of rotatable bonds is 6. The first-order chi connectivity index (χ1) is 14.9. The maximum Gasteiger partial charge on any atom is 0.225 e. The van der Waals surface area contributed by atoms with Crippen LogP contribution in [0.25, 0.3) is 0 Å². The third-order valence-electron chi connectivity index (χ3n) is 6.50. The molecule has 164 valence electrons. The van der Waals surface area contributed by atoms with Crippen LogP contribution in [0.1, 0.15) is 59.9 Å². The monoisotopic (exact) mass is 424 g/mol. The van der Waals surface area contributed by atoms with Crippen LogP contribution in [0.15, 0.2) is 24.3 Å². The first-order valence-corrected chi connectivity index (χ1v) is 11.0. The van der Waals surface area contributed by atoms with Crippen LogP contribution in [0.4, 0.5) is 4.39 Å². The van der Waals surface area contributed by atoms with E-state index in [1.165, 1.54) is 12.1 Å². The second kappa shape index (κ2) is 9.12. The van der Waals surface area contributed by atoms with Crippen molar-refractivity contribution in [2.75, 3.05) is 13.1 Å². The van der Waals surface area contributed by atoms with Crippen LogP contribution in [0.2, 0.25) is 0 Å². The number of aryl methyl sites for hydroxylation is 2. The van der Waals surface area contributed by atoms with Gasteiger partial charge in [0.2, 0.25) is 11.8 Å². The highest BCUT2D eigenvalue weighted by Crippen LogP contribution is 2.32. The van der Waals surface area contributed by atoms with E-state index in [2.05, 4.69) is 5.32 Å². The molecular weight excluding hydrogens is 395 g/mol. The Morgan fingerprint density at radius 2 is 1.77 bits per heavy atom. The molecule has 7 heteroatoms. The summed E-state index contributed by atoms with van der Waals surface area (Å²) in [6.45, 7) is 5.63. The number of aromatic nitrogens is 2. The van der Waals surface area contributed by atoms with Gasteiger partial charge in [0.25, 0.3) is 0 Å². The molecule has 2 aromatic rings. The Labute approximate surface area is 182 Å². The topological polar surface area (TPSA) is 75.2 Å². The van der Waals surface area contributed by atoms with Crippen LogP contribution in [0, 0.1) is 25.6 Å². The van der Waals surface area contributed by atoms with Crippen molar-refractivity contribution in [2.45, 2.75) is 58.4 Å². The molecule has 6 nitrogen and oxygen atoms in total. The van der Waals surface area contributed by atoms with E-state index in [-0.39, 0.29) is 35.9 Å². The normalized spacial score (nSPS) is 18.7. The Bertz CT molecular complexity index is 949. The van der Waals surface area contributed by atoms with Crippen molar-refractivity contribution in [3.63, 3.8) is 0 Å². The van der Waals surface area contributed by atoms with Crippen LogP contribution >= 0.6 is 0 Å². The summed E-state index contributed by atoms with van der Waals surface area (Å²) in [5.74, 6) is 1.02. The molecule has 1 atom stereocenters. The maximum absolute atomic E-state index is 13.0. The van der Waals surface area contributed by atoms with Crippen molar-refractivity contribution in [1.82, 2.24) is 20.2 Å². The molecule has 2 fully saturated rings. The highest BCUT2D eigenvalue weighted by atomic mass is 19.1. The fourth-order valence-electron chi connectivity index (χ4n) is 4.31.